The molecule has 13 fully saturated rings. The third-order valence-electron chi connectivity index (χ3n) is 23.7. The topological polar surface area (TPSA) is 365 Å². The van der Waals surface area contributed by atoms with Crippen LogP contribution in [0.5, 0.6) is 0 Å². The van der Waals surface area contributed by atoms with Crippen LogP contribution in [0.2, 0.25) is 0 Å². The van der Waals surface area contributed by atoms with Gasteiger partial charge in [0.05, 0.1) is 72.5 Å². The molecule has 36 heteroatoms. The van der Waals surface area contributed by atoms with E-state index in [1.54, 1.807) is 129 Å². The molecule has 0 aromatic heterocycles. The zero-order valence-electron chi connectivity index (χ0n) is 57.2. The Hall–Kier alpha value is -5.46. The van der Waals surface area contributed by atoms with Gasteiger partial charge in [0.15, 0.2) is 0 Å². The molecular formula is C66H96N12O18S6. The highest BCUT2D eigenvalue weighted by Crippen LogP contribution is 2.52. The summed E-state index contributed by atoms with van der Waals surface area (Å²) in [6.07, 6.45) is 8.99. The second-order valence-electron chi connectivity index (χ2n) is 29.6. The first-order valence-electron chi connectivity index (χ1n) is 36.5. The van der Waals surface area contributed by atoms with Crippen LogP contribution >= 0.6 is 70.6 Å². The van der Waals surface area contributed by atoms with Crippen LogP contribution in [-0.2, 0) is 28.8 Å². The van der Waals surface area contributed by atoms with E-state index < -0.39 is 108 Å². The predicted molar refractivity (Wildman–Crippen MR) is 383 cm³/mol. The van der Waals surface area contributed by atoms with Gasteiger partial charge in [0, 0.05) is 105 Å². The molecule has 6 N–H and O–H groups in total. The predicted octanol–water partition coefficient (Wildman–Crippen LogP) is 7.16. The summed E-state index contributed by atoms with van der Waals surface area (Å²) >= 11 is 10.1. The van der Waals surface area contributed by atoms with Crippen LogP contribution in [0.3, 0.4) is 0 Å². The Balaban J connectivity index is 0.906. The number of unbranched alkanes of at least 4 members (excludes halogenated alkanes) is 6. The van der Waals surface area contributed by atoms with Crippen LogP contribution in [0.15, 0.2) is 0 Å². The van der Waals surface area contributed by atoms with Gasteiger partial charge in [-0.1, -0.05) is 38.5 Å². The van der Waals surface area contributed by atoms with Crippen molar-refractivity contribution >= 4 is 143 Å². The number of amides is 12. The van der Waals surface area contributed by atoms with Gasteiger partial charge < -0.3 is 89.4 Å². The summed E-state index contributed by atoms with van der Waals surface area (Å²) in [5.41, 5.74) is 0. The number of carbonyl (C=O) groups is 12. The highest BCUT2D eigenvalue weighted by atomic mass is 32.2. The molecule has 0 radical (unpaired) electrons. The molecule has 13 aliphatic heterocycles. The number of fused-ring (bicyclic) bond motifs is 30. The molecule has 564 valence electrons. The van der Waals surface area contributed by atoms with Crippen molar-refractivity contribution < 1.29 is 88.2 Å². The molecule has 102 heavy (non-hydrogen) atoms. The summed E-state index contributed by atoms with van der Waals surface area (Å²) in [5, 5.41) is 56.9. The standard InChI is InChI=1S/C66H96N12O18S6/c79-49(80)19-7-1-13-43-55-37(25-97-43)67-31-68-39-27-99-45(15-3-9-21-51(83)84)57(39)75(63(68)93)35-76-59-41(29-101-47(59)17-5-11-23-53(87)88)71(65(76)95)33-72-42-30-102-48(18-6-12-24-54(89)90)60(42)78(66(72)96)36-77-58-40(28-100-46(58)16-4-10-22-52(85)86)70(64(77)94)32-69-38-26-98-44(14-2-8-20-50(81)82)56(38)74(62(69)92)34-73(55)61(67)91/h37-48,55-60H,1-36H2,(H,79,80)(H,81,82)(H,83,84)(H,85,86)(H,87,88)(H,89,90)/t37-,38-,39-,40-,41-,42-,43-,44-,45-,46-,47-,48-,55-,56-,57-,58-,59-,60-/m0/s1. The number of aliphatic carboxylic acids is 6. The maximum absolute atomic E-state index is 16.0. The Labute approximate surface area is 618 Å². The smallest absolute Gasteiger partial charge is 0.323 e. The van der Waals surface area contributed by atoms with Gasteiger partial charge in [-0.2, -0.15) is 70.6 Å². The van der Waals surface area contributed by atoms with E-state index in [4.69, 9.17) is 0 Å². The number of hydrogen-bond acceptors (Lipinski definition) is 18. The van der Waals surface area contributed by atoms with Crippen molar-refractivity contribution in [3.63, 3.8) is 0 Å². The highest BCUT2D eigenvalue weighted by Gasteiger charge is 2.65. The molecule has 0 aromatic rings. The molecule has 13 aliphatic rings. The van der Waals surface area contributed by atoms with Crippen LogP contribution in [0.4, 0.5) is 28.8 Å². The Kier molecular flexibility index (Phi) is 23.7. The van der Waals surface area contributed by atoms with Gasteiger partial charge >= 0.3 is 72.0 Å². The minimum atomic E-state index is -0.918. The number of carbonyl (C=O) groups excluding carboxylic acids is 6. The number of nitrogens with zero attached hydrogens (tertiary/aromatic N) is 12. The second kappa shape index (κ2) is 32.3. The van der Waals surface area contributed by atoms with Crippen molar-refractivity contribution in [2.75, 3.05) is 74.5 Å². The second-order valence-corrected chi connectivity index (χ2v) is 37.2. The Morgan fingerprint density at radius 3 is 0.510 bits per heavy atom. The molecule has 12 amide bonds. The third kappa shape index (κ3) is 15.0. The minimum absolute atomic E-state index is 0.0333. The van der Waals surface area contributed by atoms with Gasteiger partial charge in [0.2, 0.25) is 0 Å². The fourth-order valence-corrected chi connectivity index (χ4v) is 28.9. The van der Waals surface area contributed by atoms with Gasteiger partial charge in [-0.05, 0) is 77.0 Å². The fraction of sp³-hybridized carbons (Fsp3) is 0.818. The Morgan fingerprint density at radius 2 is 0.373 bits per heavy atom. The average molecular weight is 1540 g/mol. The van der Waals surface area contributed by atoms with E-state index in [9.17, 15) is 59.4 Å². The van der Waals surface area contributed by atoms with Crippen molar-refractivity contribution in [1.29, 1.82) is 0 Å². The fourth-order valence-electron chi connectivity index (χ4n) is 18.9. The maximum Gasteiger partial charge on any atom is 0.323 e. The van der Waals surface area contributed by atoms with E-state index >= 15 is 28.8 Å². The first-order valence-corrected chi connectivity index (χ1v) is 42.8. The zero-order chi connectivity index (χ0) is 71.9. The van der Waals surface area contributed by atoms with Crippen molar-refractivity contribution in [1.82, 2.24) is 58.8 Å². The van der Waals surface area contributed by atoms with E-state index in [2.05, 4.69) is 0 Å². The molecule has 0 aromatic carbocycles. The molecule has 30 nitrogen and oxygen atoms in total. The van der Waals surface area contributed by atoms with Gasteiger partial charge in [0.1, 0.15) is 40.0 Å². The number of carboxylic acid groups (broad SMARTS) is 6. The largest absolute Gasteiger partial charge is 0.481 e. The number of rotatable bonds is 30. The summed E-state index contributed by atoms with van der Waals surface area (Å²) in [5.74, 6) is -2.61. The van der Waals surface area contributed by atoms with Crippen molar-refractivity contribution in [2.45, 2.75) is 258 Å². The van der Waals surface area contributed by atoms with E-state index in [1.165, 1.54) is 0 Å². The molecule has 13 saturated heterocycles. The first kappa shape index (κ1) is 74.8. The molecule has 0 aliphatic carbocycles. The molecule has 13 rings (SSSR count). The molecular weight excluding hydrogens is 1440 g/mol. The minimum Gasteiger partial charge on any atom is -0.481 e. The normalized spacial score (nSPS) is 33.9. The summed E-state index contributed by atoms with van der Waals surface area (Å²) in [6.45, 7) is -0.831. The van der Waals surface area contributed by atoms with Crippen molar-refractivity contribution in [3.05, 3.63) is 0 Å². The van der Waals surface area contributed by atoms with E-state index in [1.807, 2.05) is 0 Å². The SMILES string of the molecule is O=C(O)CCCC[C@@H]1SC[C@H]2[C@@H]1N1CN3C(=O)N(CN4C(=O)N(CN5C(=O)N(CN6C(=O)N(CN7C(=O)N(CN2C1=O)[C@H]1CS[C@@H](CCCCC(=O)O)[C@H]17)[C@@H]1[C@H](CCCCC(=O)O)SC[C@@H]16)[C@H]1CS[C@@H](CCCCC(=O)O)[C@H]15)[C@@H]1[C@H](CCCCC(=O)O)SC[C@@H]14)[C@H]1CS[C@@H](CCCCC(=O)O)[C@H]13. The Morgan fingerprint density at radius 1 is 0.235 bits per heavy atom. The lowest BCUT2D eigenvalue weighted by molar-refractivity contribution is -0.138. The molecule has 0 spiro atoms. The maximum atomic E-state index is 16.0. The number of thioether (sulfide) groups is 6. The molecule has 18 atom stereocenters. The van der Waals surface area contributed by atoms with Crippen LogP contribution in [0.1, 0.15) is 154 Å². The van der Waals surface area contributed by atoms with Gasteiger partial charge in [0.25, 0.3) is 0 Å². The lowest BCUT2D eigenvalue weighted by atomic mass is 10.00. The van der Waals surface area contributed by atoms with Gasteiger partial charge in [-0.25, -0.2) is 28.8 Å². The van der Waals surface area contributed by atoms with Crippen LogP contribution in [0, 0.1) is 0 Å². The van der Waals surface area contributed by atoms with Crippen molar-refractivity contribution in [2.24, 2.45) is 0 Å². The molecule has 0 unspecified atom stereocenters. The Bertz CT molecular complexity index is 2710. The lowest BCUT2D eigenvalue weighted by Gasteiger charge is -2.35. The highest BCUT2D eigenvalue weighted by molar-refractivity contribution is 8.01. The monoisotopic (exact) mass is 1540 g/mol. The quantitative estimate of drug-likeness (QED) is 0.0307. The summed E-state index contributed by atoms with van der Waals surface area (Å²) in [7, 11) is 0. The number of hydrogen-bond donors (Lipinski definition) is 6. The first-order chi connectivity index (χ1) is 49.1. The molecule has 12 bridgehead atoms. The molecule has 0 saturated carbocycles. The summed E-state index contributed by atoms with van der Waals surface area (Å²) in [4.78, 5) is 188. The zero-order valence-corrected chi connectivity index (χ0v) is 62.1. The van der Waals surface area contributed by atoms with E-state index in [0.717, 1.165) is 0 Å². The third-order valence-corrected chi connectivity index (χ3v) is 32.5. The van der Waals surface area contributed by atoms with Gasteiger partial charge in [-0.15, -0.1) is 0 Å². The van der Waals surface area contributed by atoms with Gasteiger partial charge in [-0.3, -0.25) is 28.8 Å². The lowest BCUT2D eigenvalue weighted by Crippen LogP contribution is -2.53. The van der Waals surface area contributed by atoms with Crippen LogP contribution in [0.25, 0.3) is 0 Å². The number of urea groups is 6. The number of carboxylic acids is 6. The average Bonchev–Trinajstić information content (AvgIpc) is 1.57. The van der Waals surface area contributed by atoms with Crippen molar-refractivity contribution in [3.8, 4) is 0 Å². The van der Waals surface area contributed by atoms with E-state index in [-0.39, 0.29) is 146 Å². The summed E-state index contributed by atoms with van der Waals surface area (Å²) < 4.78 is 0. The van der Waals surface area contributed by atoms with E-state index in [0.29, 0.717) is 150 Å². The summed E-state index contributed by atoms with van der Waals surface area (Å²) in [6, 6.07) is -7.98. The van der Waals surface area contributed by atoms with Crippen LogP contribution < -0.4 is 0 Å². The van der Waals surface area contributed by atoms with Crippen LogP contribution in [-0.4, -0.2) is 340 Å². The molecule has 13 heterocycles.